The SMILES string of the molecule is CCC(C(=O)O)C1Cc2ccc(OCCCNc3cc(C)ccn3)cc2Cc2cc(CNC(=O)C(F)(F)F)ccc21. The minimum absolute atomic E-state index is 0.283. The van der Waals surface area contributed by atoms with Crippen LogP contribution < -0.4 is 15.4 Å². The van der Waals surface area contributed by atoms with Crippen molar-refractivity contribution in [3.8, 4) is 5.75 Å². The van der Waals surface area contributed by atoms with Gasteiger partial charge in [0, 0.05) is 25.2 Å². The van der Waals surface area contributed by atoms with Crippen LogP contribution in [0, 0.1) is 12.8 Å². The smallest absolute Gasteiger partial charge is 0.471 e. The third-order valence-electron chi connectivity index (χ3n) is 7.37. The fourth-order valence-electron chi connectivity index (χ4n) is 5.28. The molecule has 2 atom stereocenters. The molecular formula is C31H34F3N3O4. The molecule has 0 spiro atoms. The zero-order chi connectivity index (χ0) is 29.6. The van der Waals surface area contributed by atoms with Gasteiger partial charge in [-0.05, 0) is 90.3 Å². The van der Waals surface area contributed by atoms with Crippen LogP contribution in [0.5, 0.6) is 5.75 Å². The number of aliphatic carboxylic acids is 1. The molecule has 3 N–H and O–H groups in total. The summed E-state index contributed by atoms with van der Waals surface area (Å²) in [5.41, 5.74) is 5.32. The first-order chi connectivity index (χ1) is 19.5. The molecule has 218 valence electrons. The summed E-state index contributed by atoms with van der Waals surface area (Å²) in [6, 6.07) is 14.9. The highest BCUT2D eigenvalue weighted by Gasteiger charge is 2.38. The number of carbonyl (C=O) groups is 2. The number of amides is 1. The molecule has 1 amide bonds. The Bertz CT molecular complexity index is 1390. The van der Waals surface area contributed by atoms with Gasteiger partial charge < -0.3 is 20.5 Å². The Hall–Kier alpha value is -4.08. The highest BCUT2D eigenvalue weighted by Crippen LogP contribution is 2.39. The van der Waals surface area contributed by atoms with Crippen molar-refractivity contribution in [3.63, 3.8) is 0 Å². The third-order valence-corrected chi connectivity index (χ3v) is 7.37. The number of nitrogens with zero attached hydrogens (tertiary/aromatic N) is 1. The minimum Gasteiger partial charge on any atom is -0.494 e. The zero-order valence-electron chi connectivity index (χ0n) is 23.1. The van der Waals surface area contributed by atoms with E-state index in [0.29, 0.717) is 43.7 Å². The first-order valence-electron chi connectivity index (χ1n) is 13.7. The van der Waals surface area contributed by atoms with Gasteiger partial charge in [0.15, 0.2) is 0 Å². The highest BCUT2D eigenvalue weighted by molar-refractivity contribution is 5.81. The topological polar surface area (TPSA) is 101 Å². The summed E-state index contributed by atoms with van der Waals surface area (Å²) in [4.78, 5) is 27.8. The van der Waals surface area contributed by atoms with Gasteiger partial charge in [-0.2, -0.15) is 13.2 Å². The molecular weight excluding hydrogens is 535 g/mol. The summed E-state index contributed by atoms with van der Waals surface area (Å²) < 4.78 is 44.0. The van der Waals surface area contributed by atoms with Gasteiger partial charge in [0.2, 0.25) is 0 Å². The quantitative estimate of drug-likeness (QED) is 0.253. The van der Waals surface area contributed by atoms with Gasteiger partial charge in [-0.15, -0.1) is 0 Å². The van der Waals surface area contributed by atoms with Crippen molar-refractivity contribution in [2.24, 2.45) is 5.92 Å². The van der Waals surface area contributed by atoms with Crippen molar-refractivity contribution in [2.45, 2.75) is 58.2 Å². The van der Waals surface area contributed by atoms with Crippen molar-refractivity contribution in [3.05, 3.63) is 88.1 Å². The number of anilines is 1. The van der Waals surface area contributed by atoms with Crippen LogP contribution in [0.4, 0.5) is 19.0 Å². The van der Waals surface area contributed by atoms with Crippen LogP contribution in [0.2, 0.25) is 0 Å². The highest BCUT2D eigenvalue weighted by atomic mass is 19.4. The van der Waals surface area contributed by atoms with Crippen LogP contribution in [-0.4, -0.2) is 41.3 Å². The van der Waals surface area contributed by atoms with Gasteiger partial charge in [-0.1, -0.05) is 31.2 Å². The Kier molecular flexibility index (Phi) is 9.52. The van der Waals surface area contributed by atoms with E-state index in [9.17, 15) is 27.9 Å². The van der Waals surface area contributed by atoms with E-state index in [0.717, 1.165) is 40.1 Å². The number of ether oxygens (including phenoxy) is 1. The van der Waals surface area contributed by atoms with E-state index in [1.54, 1.807) is 24.4 Å². The summed E-state index contributed by atoms with van der Waals surface area (Å²) in [7, 11) is 0. The number of rotatable bonds is 11. The predicted octanol–water partition coefficient (Wildman–Crippen LogP) is 5.79. The van der Waals surface area contributed by atoms with Crippen molar-refractivity contribution in [1.82, 2.24) is 10.3 Å². The Labute approximate surface area is 237 Å². The second kappa shape index (κ2) is 13.1. The standard InChI is InChI=1S/C31H34F3N3O4/c1-3-25(29(38)39)27-17-21-6-7-24(41-12-4-10-35-28-13-19(2)9-11-36-28)16-22(21)15-23-14-20(5-8-26(23)27)18-37-30(40)31(32,33)34/h5-9,11,13-14,16,25,27H,3-4,10,12,15,17-18H2,1-2H3,(H,35,36)(H,37,40)(H,38,39). The van der Waals surface area contributed by atoms with Gasteiger partial charge in [-0.3, -0.25) is 9.59 Å². The molecule has 4 rings (SSSR count). The van der Waals surface area contributed by atoms with E-state index in [1.807, 2.05) is 49.5 Å². The maximum Gasteiger partial charge on any atom is 0.471 e. The maximum absolute atomic E-state index is 12.7. The van der Waals surface area contributed by atoms with E-state index in [2.05, 4.69) is 10.3 Å². The Morgan fingerprint density at radius 3 is 2.61 bits per heavy atom. The van der Waals surface area contributed by atoms with Crippen molar-refractivity contribution in [1.29, 1.82) is 0 Å². The average molecular weight is 570 g/mol. The lowest BCUT2D eigenvalue weighted by molar-refractivity contribution is -0.173. The van der Waals surface area contributed by atoms with Crippen LogP contribution in [0.15, 0.2) is 54.7 Å². The lowest BCUT2D eigenvalue weighted by atomic mass is 9.79. The second-order valence-electron chi connectivity index (χ2n) is 10.3. The summed E-state index contributed by atoms with van der Waals surface area (Å²) in [5, 5.41) is 15.1. The Balaban J connectivity index is 1.50. The van der Waals surface area contributed by atoms with Gasteiger partial charge in [-0.25, -0.2) is 4.98 Å². The number of nitrogens with one attached hydrogen (secondary N) is 2. The molecule has 1 heterocycles. The van der Waals surface area contributed by atoms with Crippen molar-refractivity contribution >= 4 is 17.7 Å². The van der Waals surface area contributed by atoms with Crippen LogP contribution in [0.1, 0.15) is 59.1 Å². The van der Waals surface area contributed by atoms with E-state index in [-0.39, 0.29) is 12.5 Å². The molecule has 41 heavy (non-hydrogen) atoms. The number of halogens is 3. The molecule has 1 aromatic heterocycles. The number of carbonyl (C=O) groups excluding carboxylic acids is 1. The van der Waals surface area contributed by atoms with Crippen LogP contribution in [0.3, 0.4) is 0 Å². The minimum atomic E-state index is -4.96. The van der Waals surface area contributed by atoms with Crippen LogP contribution >= 0.6 is 0 Å². The fraction of sp³-hybridized carbons (Fsp3) is 0.387. The molecule has 10 heteroatoms. The molecule has 7 nitrogen and oxygen atoms in total. The number of fused-ring (bicyclic) bond motifs is 2. The number of aryl methyl sites for hydroxylation is 1. The zero-order valence-corrected chi connectivity index (χ0v) is 23.1. The van der Waals surface area contributed by atoms with Gasteiger partial charge in [0.25, 0.3) is 0 Å². The first-order valence-corrected chi connectivity index (χ1v) is 13.7. The molecule has 0 saturated carbocycles. The summed E-state index contributed by atoms with van der Waals surface area (Å²) >= 11 is 0. The molecule has 0 radical (unpaired) electrons. The predicted molar refractivity (Wildman–Crippen MR) is 149 cm³/mol. The van der Waals surface area contributed by atoms with Crippen LogP contribution in [-0.2, 0) is 29.0 Å². The van der Waals surface area contributed by atoms with E-state index >= 15 is 0 Å². The Morgan fingerprint density at radius 1 is 1.10 bits per heavy atom. The normalized spacial score (nSPS) is 15.2. The number of alkyl halides is 3. The van der Waals surface area contributed by atoms with Gasteiger partial charge >= 0.3 is 18.1 Å². The molecule has 2 unspecified atom stereocenters. The van der Waals surface area contributed by atoms with Crippen molar-refractivity contribution in [2.75, 3.05) is 18.5 Å². The number of carboxylic acids is 1. The third kappa shape index (κ3) is 7.77. The summed E-state index contributed by atoms with van der Waals surface area (Å²) in [6.07, 6.45) is -1.03. The first kappa shape index (κ1) is 29.9. The molecule has 0 aliphatic heterocycles. The molecule has 1 aliphatic carbocycles. The van der Waals surface area contributed by atoms with E-state index < -0.39 is 24.0 Å². The number of aromatic nitrogens is 1. The number of hydrogen-bond donors (Lipinski definition) is 3. The second-order valence-corrected chi connectivity index (χ2v) is 10.3. The fourth-order valence-corrected chi connectivity index (χ4v) is 5.28. The summed E-state index contributed by atoms with van der Waals surface area (Å²) in [6.45, 7) is 4.74. The molecule has 0 fully saturated rings. The summed E-state index contributed by atoms with van der Waals surface area (Å²) in [5.74, 6) is -2.31. The van der Waals surface area contributed by atoms with Gasteiger partial charge in [0.1, 0.15) is 11.6 Å². The molecule has 0 bridgehead atoms. The molecule has 2 aromatic carbocycles. The van der Waals surface area contributed by atoms with E-state index in [4.69, 9.17) is 4.74 Å². The Morgan fingerprint density at radius 2 is 1.90 bits per heavy atom. The average Bonchev–Trinajstić information content (AvgIpc) is 3.07. The number of carboxylic acid groups (broad SMARTS) is 1. The number of benzene rings is 2. The maximum atomic E-state index is 12.7. The van der Waals surface area contributed by atoms with E-state index in [1.165, 1.54) is 0 Å². The lowest BCUT2D eigenvalue weighted by Crippen LogP contribution is -2.36. The molecule has 3 aromatic rings. The van der Waals surface area contributed by atoms with Crippen molar-refractivity contribution < 1.29 is 32.6 Å². The number of pyridine rings is 1. The number of hydrogen-bond acceptors (Lipinski definition) is 5. The van der Waals surface area contributed by atoms with Gasteiger partial charge in [0.05, 0.1) is 12.5 Å². The monoisotopic (exact) mass is 569 g/mol. The largest absolute Gasteiger partial charge is 0.494 e. The molecule has 1 aliphatic rings. The molecule has 0 saturated heterocycles. The van der Waals surface area contributed by atoms with Crippen LogP contribution in [0.25, 0.3) is 0 Å². The lowest BCUT2D eigenvalue weighted by Gasteiger charge is -2.24.